The van der Waals surface area contributed by atoms with Crippen molar-refractivity contribution < 1.29 is 18.8 Å². The Balaban J connectivity index is 1.80. The molecule has 0 bridgehead atoms. The van der Waals surface area contributed by atoms with Gasteiger partial charge in [-0.05, 0) is 42.8 Å². The number of benzene rings is 2. The number of aromatic nitrogens is 1. The predicted molar refractivity (Wildman–Crippen MR) is 116 cm³/mol. The number of ether oxygens (including phenoxy) is 1. The van der Waals surface area contributed by atoms with Gasteiger partial charge in [-0.3, -0.25) is 9.69 Å². The third kappa shape index (κ3) is 5.74. The van der Waals surface area contributed by atoms with E-state index >= 15 is 0 Å². The second-order valence-corrected chi connectivity index (χ2v) is 8.23. The Hall–Kier alpha value is -2.51. The monoisotopic (exact) mass is 416 g/mol. The lowest BCUT2D eigenvalue weighted by molar-refractivity contribution is -0.858. The molecule has 0 radical (unpaired) electrons. The molecule has 2 aromatic carbocycles. The zero-order valence-electron chi connectivity index (χ0n) is 17.1. The summed E-state index contributed by atoms with van der Waals surface area (Å²) >= 11 is 1.35. The van der Waals surface area contributed by atoms with Crippen LogP contribution in [0.25, 0.3) is 10.2 Å². The first-order valence-electron chi connectivity index (χ1n) is 9.83. The quantitative estimate of drug-likeness (QED) is 0.583. The van der Waals surface area contributed by atoms with Gasteiger partial charge in [0.25, 0.3) is 0 Å². The Morgan fingerprint density at radius 2 is 1.97 bits per heavy atom. The summed E-state index contributed by atoms with van der Waals surface area (Å²) in [7, 11) is 4.18. The van der Waals surface area contributed by atoms with Gasteiger partial charge in [0.2, 0.25) is 5.91 Å². The lowest BCUT2D eigenvalue weighted by Gasteiger charge is -2.20. The maximum atomic E-state index is 13.6. The summed E-state index contributed by atoms with van der Waals surface area (Å²) in [4.78, 5) is 20.8. The molecule has 0 saturated heterocycles. The van der Waals surface area contributed by atoms with E-state index in [0.717, 1.165) is 29.0 Å². The number of thiazole rings is 1. The van der Waals surface area contributed by atoms with Crippen molar-refractivity contribution in [2.24, 2.45) is 0 Å². The smallest absolute Gasteiger partial charge is 0.233 e. The number of nitrogens with one attached hydrogen (secondary N) is 1. The highest BCUT2D eigenvalue weighted by molar-refractivity contribution is 7.22. The number of halogens is 1. The van der Waals surface area contributed by atoms with Gasteiger partial charge in [0.05, 0.1) is 43.9 Å². The van der Waals surface area contributed by atoms with Gasteiger partial charge in [-0.15, -0.1) is 0 Å². The molecule has 29 heavy (non-hydrogen) atoms. The van der Waals surface area contributed by atoms with Crippen molar-refractivity contribution in [2.45, 2.75) is 19.8 Å². The number of amides is 1. The first kappa shape index (κ1) is 21.2. The van der Waals surface area contributed by atoms with Gasteiger partial charge in [0, 0.05) is 13.0 Å². The molecule has 0 saturated carbocycles. The minimum absolute atomic E-state index is 0.0116. The molecule has 1 heterocycles. The standard InChI is InChI=1S/C22H26FN3O2S/c1-4-28-18-9-6-16(7-10-18)14-21(27)26(13-5-12-25(2)3)22-24-19-11-8-17(23)15-20(19)29-22/h6-11,15H,4-5,12-14H2,1-3H3/p+1. The largest absolute Gasteiger partial charge is 0.494 e. The highest BCUT2D eigenvalue weighted by Gasteiger charge is 2.20. The van der Waals surface area contributed by atoms with Crippen LogP contribution in [-0.2, 0) is 11.2 Å². The molecule has 0 unspecified atom stereocenters. The van der Waals surface area contributed by atoms with E-state index < -0.39 is 0 Å². The molecule has 7 heteroatoms. The fourth-order valence-electron chi connectivity index (χ4n) is 3.06. The second-order valence-electron chi connectivity index (χ2n) is 7.22. The van der Waals surface area contributed by atoms with E-state index in [2.05, 4.69) is 19.1 Å². The Bertz CT molecular complexity index is 956. The van der Waals surface area contributed by atoms with Crippen molar-refractivity contribution in [3.63, 3.8) is 0 Å². The van der Waals surface area contributed by atoms with Gasteiger partial charge in [-0.1, -0.05) is 23.5 Å². The summed E-state index contributed by atoms with van der Waals surface area (Å²) < 4.78 is 19.8. The Morgan fingerprint density at radius 3 is 2.66 bits per heavy atom. The molecule has 1 aromatic heterocycles. The molecule has 1 amide bonds. The van der Waals surface area contributed by atoms with Crippen molar-refractivity contribution in [1.29, 1.82) is 0 Å². The molecular formula is C22H27FN3O2S+. The van der Waals surface area contributed by atoms with Gasteiger partial charge < -0.3 is 9.64 Å². The van der Waals surface area contributed by atoms with E-state index in [-0.39, 0.29) is 18.1 Å². The second kappa shape index (κ2) is 9.80. The van der Waals surface area contributed by atoms with E-state index in [0.29, 0.717) is 23.8 Å². The van der Waals surface area contributed by atoms with Crippen LogP contribution in [0.1, 0.15) is 18.9 Å². The number of hydrogen-bond donors (Lipinski definition) is 1. The van der Waals surface area contributed by atoms with E-state index in [9.17, 15) is 9.18 Å². The number of fused-ring (bicyclic) bond motifs is 1. The first-order chi connectivity index (χ1) is 14.0. The summed E-state index contributed by atoms with van der Waals surface area (Å²) in [5.41, 5.74) is 1.64. The van der Waals surface area contributed by atoms with Gasteiger partial charge >= 0.3 is 0 Å². The number of quaternary nitrogens is 1. The average Bonchev–Trinajstić information content (AvgIpc) is 3.09. The maximum absolute atomic E-state index is 13.6. The number of hydrogen-bond acceptors (Lipinski definition) is 4. The summed E-state index contributed by atoms with van der Waals surface area (Å²) in [6, 6.07) is 12.1. The summed E-state index contributed by atoms with van der Waals surface area (Å²) in [6.45, 7) is 4.09. The van der Waals surface area contributed by atoms with Crippen molar-refractivity contribution in [1.82, 2.24) is 4.98 Å². The summed E-state index contributed by atoms with van der Waals surface area (Å²) in [5, 5.41) is 0.621. The molecular weight excluding hydrogens is 389 g/mol. The molecule has 5 nitrogen and oxygen atoms in total. The summed E-state index contributed by atoms with van der Waals surface area (Å²) in [6.07, 6.45) is 1.15. The number of nitrogens with zero attached hydrogens (tertiary/aromatic N) is 2. The SMILES string of the molecule is CCOc1ccc(CC(=O)N(CCC[NH+](C)C)c2nc3ccc(F)cc3s2)cc1. The molecule has 0 aliphatic heterocycles. The fraction of sp³-hybridized carbons (Fsp3) is 0.364. The van der Waals surface area contributed by atoms with E-state index in [4.69, 9.17) is 4.74 Å². The zero-order valence-corrected chi connectivity index (χ0v) is 17.9. The van der Waals surface area contributed by atoms with E-state index in [1.807, 2.05) is 31.2 Å². The van der Waals surface area contributed by atoms with Crippen LogP contribution in [0.2, 0.25) is 0 Å². The predicted octanol–water partition coefficient (Wildman–Crippen LogP) is 2.94. The Kier molecular flexibility index (Phi) is 7.17. The third-order valence-electron chi connectivity index (χ3n) is 4.52. The van der Waals surface area contributed by atoms with Crippen LogP contribution in [0.15, 0.2) is 42.5 Å². The molecule has 0 atom stereocenters. The lowest BCUT2D eigenvalue weighted by Crippen LogP contribution is -3.05. The highest BCUT2D eigenvalue weighted by atomic mass is 32.1. The topological polar surface area (TPSA) is 46.9 Å². The molecule has 3 aromatic rings. The minimum Gasteiger partial charge on any atom is -0.494 e. The van der Waals surface area contributed by atoms with Crippen LogP contribution in [0.3, 0.4) is 0 Å². The molecule has 0 fully saturated rings. The number of carbonyl (C=O) groups is 1. The van der Waals surface area contributed by atoms with Crippen molar-refractivity contribution in [3.8, 4) is 5.75 Å². The van der Waals surface area contributed by atoms with Crippen molar-refractivity contribution in [3.05, 3.63) is 53.8 Å². The van der Waals surface area contributed by atoms with E-state index in [1.54, 1.807) is 11.0 Å². The fourth-order valence-corrected chi connectivity index (χ4v) is 4.09. The molecule has 1 N–H and O–H groups in total. The molecule has 0 aliphatic carbocycles. The van der Waals surface area contributed by atoms with Crippen LogP contribution >= 0.6 is 11.3 Å². The van der Waals surface area contributed by atoms with Crippen LogP contribution in [0.4, 0.5) is 9.52 Å². The number of anilines is 1. The van der Waals surface area contributed by atoms with Gasteiger partial charge in [0.1, 0.15) is 11.6 Å². The van der Waals surface area contributed by atoms with Gasteiger partial charge in [-0.25, -0.2) is 9.37 Å². The third-order valence-corrected chi connectivity index (χ3v) is 5.56. The van der Waals surface area contributed by atoms with Crippen molar-refractivity contribution >= 4 is 32.6 Å². The summed E-state index contributed by atoms with van der Waals surface area (Å²) in [5.74, 6) is 0.487. The average molecular weight is 417 g/mol. The van der Waals surface area contributed by atoms with Crippen molar-refractivity contribution in [2.75, 3.05) is 38.7 Å². The van der Waals surface area contributed by atoms with E-state index in [1.165, 1.54) is 28.4 Å². The Labute approximate surface area is 174 Å². The number of rotatable bonds is 9. The van der Waals surface area contributed by atoms with Gasteiger partial charge in [0.15, 0.2) is 5.13 Å². The van der Waals surface area contributed by atoms with Crippen LogP contribution in [-0.4, -0.2) is 44.7 Å². The highest BCUT2D eigenvalue weighted by Crippen LogP contribution is 2.30. The first-order valence-corrected chi connectivity index (χ1v) is 10.6. The molecule has 0 aliphatic rings. The zero-order chi connectivity index (χ0) is 20.8. The number of carbonyl (C=O) groups excluding carboxylic acids is 1. The normalized spacial score (nSPS) is 11.2. The van der Waals surface area contributed by atoms with Crippen LogP contribution in [0.5, 0.6) is 5.75 Å². The van der Waals surface area contributed by atoms with Crippen LogP contribution < -0.4 is 14.5 Å². The van der Waals surface area contributed by atoms with Gasteiger partial charge in [-0.2, -0.15) is 0 Å². The molecule has 3 rings (SSSR count). The minimum atomic E-state index is -0.295. The Morgan fingerprint density at radius 1 is 1.21 bits per heavy atom. The maximum Gasteiger partial charge on any atom is 0.233 e. The molecule has 0 spiro atoms. The lowest BCUT2D eigenvalue weighted by atomic mass is 10.1. The molecule has 154 valence electrons. The van der Waals surface area contributed by atoms with Crippen LogP contribution in [0, 0.1) is 5.82 Å².